The van der Waals surface area contributed by atoms with Crippen molar-refractivity contribution in [3.8, 4) is 0 Å². The van der Waals surface area contributed by atoms with Crippen molar-refractivity contribution in [2.75, 3.05) is 0 Å². The third-order valence-corrected chi connectivity index (χ3v) is 5.32. The molecule has 0 amide bonds. The smallest absolute Gasteiger partial charge is 0.0483 e. The molecule has 0 aromatic rings. The molecule has 96 valence electrons. The molecule has 16 heavy (non-hydrogen) atoms. The van der Waals surface area contributed by atoms with Crippen LogP contribution in [0.3, 0.4) is 0 Å². The van der Waals surface area contributed by atoms with E-state index in [2.05, 4.69) is 52.3 Å². The summed E-state index contributed by atoms with van der Waals surface area (Å²) in [5.41, 5.74) is 7.54. The maximum absolute atomic E-state index is 5.85. The van der Waals surface area contributed by atoms with Crippen molar-refractivity contribution in [3.63, 3.8) is 0 Å². The van der Waals surface area contributed by atoms with Gasteiger partial charge in [0.1, 0.15) is 0 Å². The topological polar surface area (TPSA) is 26.0 Å². The van der Waals surface area contributed by atoms with Crippen LogP contribution >= 0.6 is 0 Å². The van der Waals surface area contributed by atoms with E-state index in [-0.39, 0.29) is 0 Å². The summed E-state index contributed by atoms with van der Waals surface area (Å²) >= 11 is 0. The van der Waals surface area contributed by atoms with Gasteiger partial charge in [-0.05, 0) is 25.4 Å². The fourth-order valence-electron chi connectivity index (χ4n) is 1.92. The summed E-state index contributed by atoms with van der Waals surface area (Å²) in [5.74, 6) is 0. The molecule has 1 nitrogen and oxygen atoms in total. The van der Waals surface area contributed by atoms with Crippen LogP contribution in [0, 0.1) is 0 Å². The first kappa shape index (κ1) is 16.1. The van der Waals surface area contributed by atoms with Gasteiger partial charge in [0.05, 0.1) is 0 Å². The Morgan fingerprint density at radius 1 is 1.00 bits per heavy atom. The molecule has 0 radical (unpaired) electrons. The Morgan fingerprint density at radius 2 is 1.38 bits per heavy atom. The second kappa shape index (κ2) is 6.17. The third kappa shape index (κ3) is 10.6. The van der Waals surface area contributed by atoms with E-state index in [1.54, 1.807) is 5.57 Å². The van der Waals surface area contributed by atoms with Gasteiger partial charge in [-0.1, -0.05) is 50.9 Å². The summed E-state index contributed by atoms with van der Waals surface area (Å²) in [5, 5.41) is 0. The molecular formula is C13H31NSi2. The lowest BCUT2D eigenvalue weighted by atomic mass is 10.2. The number of hydrogen-bond acceptors (Lipinski definition) is 1. The van der Waals surface area contributed by atoms with Gasteiger partial charge in [0.15, 0.2) is 0 Å². The highest BCUT2D eigenvalue weighted by atomic mass is 28.3. The maximum Gasteiger partial charge on any atom is 0.0483 e. The molecule has 0 aliphatic heterocycles. The fourth-order valence-corrected chi connectivity index (χ4v) is 5.44. The summed E-state index contributed by atoms with van der Waals surface area (Å²) in [6.45, 7) is 16.8. The Balaban J connectivity index is 4.58. The lowest BCUT2D eigenvalue weighted by molar-refractivity contribution is 0.753. The molecular weight excluding hydrogens is 226 g/mol. The standard InChI is InChI=1S/C13H31NSi2/c1-12(14)8-9-13(10-15(2,3)4)11-16(5,6)7/h9,12H,8,10-11,14H2,1-7H3. The summed E-state index contributed by atoms with van der Waals surface area (Å²) in [4.78, 5) is 0. The van der Waals surface area contributed by atoms with Crippen molar-refractivity contribution in [3.05, 3.63) is 11.6 Å². The third-order valence-electron chi connectivity index (χ3n) is 2.29. The van der Waals surface area contributed by atoms with E-state index in [4.69, 9.17) is 5.73 Å². The van der Waals surface area contributed by atoms with Crippen LogP contribution in [0.5, 0.6) is 0 Å². The average molecular weight is 258 g/mol. The predicted molar refractivity (Wildman–Crippen MR) is 82.7 cm³/mol. The van der Waals surface area contributed by atoms with Gasteiger partial charge in [0.2, 0.25) is 0 Å². The lowest BCUT2D eigenvalue weighted by Crippen LogP contribution is -2.25. The van der Waals surface area contributed by atoms with Crippen molar-refractivity contribution in [1.82, 2.24) is 0 Å². The molecule has 0 aromatic heterocycles. The zero-order valence-corrected chi connectivity index (χ0v) is 14.4. The first-order valence-corrected chi connectivity index (χ1v) is 13.8. The molecule has 0 heterocycles. The van der Waals surface area contributed by atoms with Crippen LogP contribution < -0.4 is 5.73 Å². The molecule has 0 saturated carbocycles. The first-order chi connectivity index (χ1) is 6.99. The van der Waals surface area contributed by atoms with Crippen molar-refractivity contribution >= 4 is 16.1 Å². The Kier molecular flexibility index (Phi) is 6.22. The average Bonchev–Trinajstić information content (AvgIpc) is 1.93. The summed E-state index contributed by atoms with van der Waals surface area (Å²) in [6.07, 6.45) is 3.48. The van der Waals surface area contributed by atoms with E-state index in [0.717, 1.165) is 6.42 Å². The Labute approximate surface area is 105 Å². The molecule has 1 unspecified atom stereocenters. The molecule has 0 fully saturated rings. The first-order valence-electron chi connectivity index (χ1n) is 6.43. The zero-order chi connectivity index (χ0) is 13.0. The van der Waals surface area contributed by atoms with Crippen molar-refractivity contribution < 1.29 is 0 Å². The largest absolute Gasteiger partial charge is 0.328 e. The second-order valence-electron chi connectivity index (χ2n) is 7.55. The normalized spacial score (nSPS) is 14.8. The fraction of sp³-hybridized carbons (Fsp3) is 0.846. The number of nitrogens with two attached hydrogens (primary N) is 1. The highest BCUT2D eigenvalue weighted by molar-refractivity contribution is 6.78. The molecule has 0 aromatic carbocycles. The van der Waals surface area contributed by atoms with Gasteiger partial charge in [0, 0.05) is 22.2 Å². The molecule has 0 rings (SSSR count). The zero-order valence-electron chi connectivity index (χ0n) is 12.4. The van der Waals surface area contributed by atoms with Crippen molar-refractivity contribution in [2.24, 2.45) is 5.73 Å². The van der Waals surface area contributed by atoms with E-state index in [9.17, 15) is 0 Å². The number of hydrogen-bond donors (Lipinski definition) is 1. The van der Waals surface area contributed by atoms with Crippen LogP contribution in [-0.4, -0.2) is 22.2 Å². The van der Waals surface area contributed by atoms with Crippen LogP contribution in [0.2, 0.25) is 51.4 Å². The van der Waals surface area contributed by atoms with Crippen molar-refractivity contribution in [2.45, 2.75) is 70.8 Å². The van der Waals surface area contributed by atoms with E-state index in [0.29, 0.717) is 6.04 Å². The van der Waals surface area contributed by atoms with Crippen LogP contribution in [0.1, 0.15) is 13.3 Å². The Morgan fingerprint density at radius 3 is 1.62 bits per heavy atom. The summed E-state index contributed by atoms with van der Waals surface area (Å²) < 4.78 is 0. The molecule has 0 spiro atoms. The summed E-state index contributed by atoms with van der Waals surface area (Å²) in [6, 6.07) is 3.01. The molecule has 3 heteroatoms. The van der Waals surface area contributed by atoms with Gasteiger partial charge >= 0.3 is 0 Å². The molecule has 0 aliphatic rings. The highest BCUT2D eigenvalue weighted by Gasteiger charge is 2.20. The van der Waals surface area contributed by atoms with Crippen LogP contribution in [0.25, 0.3) is 0 Å². The maximum atomic E-state index is 5.85. The molecule has 0 aliphatic carbocycles. The van der Waals surface area contributed by atoms with Gasteiger partial charge in [-0.3, -0.25) is 0 Å². The van der Waals surface area contributed by atoms with Gasteiger partial charge in [-0.25, -0.2) is 0 Å². The molecule has 0 bridgehead atoms. The van der Waals surface area contributed by atoms with Gasteiger partial charge < -0.3 is 5.73 Å². The Hall–Kier alpha value is 0.134. The van der Waals surface area contributed by atoms with Gasteiger partial charge in [0.25, 0.3) is 0 Å². The minimum atomic E-state index is -0.979. The van der Waals surface area contributed by atoms with E-state index < -0.39 is 16.1 Å². The number of rotatable bonds is 6. The number of allylic oxidation sites excluding steroid dienone is 1. The van der Waals surface area contributed by atoms with Crippen LogP contribution in [0.15, 0.2) is 11.6 Å². The monoisotopic (exact) mass is 257 g/mol. The van der Waals surface area contributed by atoms with Crippen LogP contribution in [0.4, 0.5) is 0 Å². The van der Waals surface area contributed by atoms with E-state index in [1.807, 2.05) is 0 Å². The minimum Gasteiger partial charge on any atom is -0.328 e. The van der Waals surface area contributed by atoms with Crippen molar-refractivity contribution in [1.29, 1.82) is 0 Å². The quantitative estimate of drug-likeness (QED) is 0.556. The van der Waals surface area contributed by atoms with E-state index >= 15 is 0 Å². The predicted octanol–water partition coefficient (Wildman–Crippen LogP) is 4.33. The summed E-state index contributed by atoms with van der Waals surface area (Å²) in [7, 11) is -1.96. The van der Waals surface area contributed by atoms with Gasteiger partial charge in [-0.2, -0.15) is 0 Å². The molecule has 1 atom stereocenters. The molecule has 2 N–H and O–H groups in total. The second-order valence-corrected chi connectivity index (χ2v) is 18.5. The molecule has 0 saturated heterocycles. The SMILES string of the molecule is CC(N)CC=C(C[Si](C)(C)C)C[Si](C)(C)C. The van der Waals surface area contributed by atoms with E-state index in [1.165, 1.54) is 12.1 Å². The highest BCUT2D eigenvalue weighted by Crippen LogP contribution is 2.25. The lowest BCUT2D eigenvalue weighted by Gasteiger charge is -2.24. The minimum absolute atomic E-state index is 0.304. The Bertz CT molecular complexity index is 213. The van der Waals surface area contributed by atoms with Gasteiger partial charge in [-0.15, -0.1) is 0 Å². The van der Waals surface area contributed by atoms with Crippen LogP contribution in [-0.2, 0) is 0 Å².